The Kier molecular flexibility index (Phi) is 6.47. The van der Waals surface area contributed by atoms with E-state index in [0.29, 0.717) is 29.9 Å². The molecule has 8 nitrogen and oxygen atoms in total. The summed E-state index contributed by atoms with van der Waals surface area (Å²) in [6.45, 7) is 5.54. The zero-order chi connectivity index (χ0) is 22.8. The van der Waals surface area contributed by atoms with Crippen LogP contribution in [0.1, 0.15) is 23.6 Å². The zero-order valence-electron chi connectivity index (χ0n) is 17.5. The first-order valence-corrected chi connectivity index (χ1v) is 11.2. The molecule has 1 atom stereocenters. The number of aryl methyl sites for hydroxylation is 1. The molecule has 3 N–H and O–H groups in total. The van der Waals surface area contributed by atoms with E-state index in [1.165, 1.54) is 12.1 Å². The summed E-state index contributed by atoms with van der Waals surface area (Å²) >= 11 is 0. The fraction of sp³-hybridized carbons (Fsp3) is 0.273. The fourth-order valence-electron chi connectivity index (χ4n) is 3.08. The van der Waals surface area contributed by atoms with Gasteiger partial charge in [0.25, 0.3) is 5.91 Å². The molecule has 0 saturated carbocycles. The van der Waals surface area contributed by atoms with Gasteiger partial charge in [0.1, 0.15) is 11.3 Å². The van der Waals surface area contributed by atoms with Crippen molar-refractivity contribution in [1.82, 2.24) is 5.32 Å². The number of benzene rings is 2. The molecule has 3 aromatic rings. The summed E-state index contributed by atoms with van der Waals surface area (Å²) in [4.78, 5) is 24.3. The number of amides is 1. The Hall–Kier alpha value is -3.17. The summed E-state index contributed by atoms with van der Waals surface area (Å²) in [7, 11) is -3.73. The van der Waals surface area contributed by atoms with E-state index >= 15 is 0 Å². The lowest BCUT2D eigenvalue weighted by Crippen LogP contribution is -2.37. The number of hydrogen-bond donors (Lipinski definition) is 2. The summed E-state index contributed by atoms with van der Waals surface area (Å²) in [6.07, 6.45) is -0.246. The second-order valence-corrected chi connectivity index (χ2v) is 8.85. The van der Waals surface area contributed by atoms with E-state index < -0.39 is 21.8 Å². The first-order valence-electron chi connectivity index (χ1n) is 9.66. The minimum Gasteiger partial charge on any atom is -0.481 e. The van der Waals surface area contributed by atoms with Crippen molar-refractivity contribution in [2.45, 2.75) is 38.2 Å². The van der Waals surface area contributed by atoms with Gasteiger partial charge in [-0.25, -0.2) is 18.4 Å². The summed E-state index contributed by atoms with van der Waals surface area (Å²) < 4.78 is 33.6. The van der Waals surface area contributed by atoms with Crippen molar-refractivity contribution in [3.05, 3.63) is 69.6 Å². The molecule has 0 spiro atoms. The predicted octanol–water partition coefficient (Wildman–Crippen LogP) is 2.18. The van der Waals surface area contributed by atoms with Gasteiger partial charge in [0.15, 0.2) is 6.10 Å². The molecule has 3 rings (SSSR count). The molecule has 0 unspecified atom stereocenters. The third kappa shape index (κ3) is 5.31. The van der Waals surface area contributed by atoms with E-state index in [-0.39, 0.29) is 10.8 Å². The van der Waals surface area contributed by atoms with Crippen molar-refractivity contribution < 1.29 is 22.4 Å². The van der Waals surface area contributed by atoms with E-state index in [1.807, 2.05) is 6.92 Å². The van der Waals surface area contributed by atoms with Gasteiger partial charge in [-0.2, -0.15) is 0 Å². The lowest BCUT2D eigenvalue weighted by molar-refractivity contribution is -0.127. The standard InChI is InChI=1S/C22H24N2O6S/c1-13-14(2)22(26)30-20-12-17(6-9-19(13)20)29-15(3)21(25)24-11-10-16-4-7-18(8-5-16)31(23,27)28/h4-9,12,15H,10-11H2,1-3H3,(H,24,25)(H2,23,27,28)/t15-/m1/s1. The Labute approximate surface area is 180 Å². The maximum Gasteiger partial charge on any atom is 0.339 e. The Bertz CT molecular complexity index is 1280. The lowest BCUT2D eigenvalue weighted by atomic mass is 10.1. The van der Waals surface area contributed by atoms with E-state index in [0.717, 1.165) is 16.5 Å². The molecule has 9 heteroatoms. The Morgan fingerprint density at radius 3 is 2.45 bits per heavy atom. The van der Waals surface area contributed by atoms with Crippen molar-refractivity contribution in [3.63, 3.8) is 0 Å². The highest BCUT2D eigenvalue weighted by Gasteiger charge is 2.16. The van der Waals surface area contributed by atoms with Crippen molar-refractivity contribution in [3.8, 4) is 5.75 Å². The number of rotatable bonds is 7. The molecule has 31 heavy (non-hydrogen) atoms. The van der Waals surface area contributed by atoms with Crippen molar-refractivity contribution in [1.29, 1.82) is 0 Å². The normalized spacial score (nSPS) is 12.5. The molecule has 0 aliphatic carbocycles. The van der Waals surface area contributed by atoms with E-state index in [4.69, 9.17) is 14.3 Å². The lowest BCUT2D eigenvalue weighted by Gasteiger charge is -2.15. The summed E-state index contributed by atoms with van der Waals surface area (Å²) in [5, 5.41) is 8.67. The smallest absolute Gasteiger partial charge is 0.339 e. The number of nitrogens with two attached hydrogens (primary N) is 1. The van der Waals surface area contributed by atoms with Crippen LogP contribution in [0.5, 0.6) is 5.75 Å². The molecular formula is C22H24N2O6S. The SMILES string of the molecule is Cc1c(C)c2ccc(O[C@H](C)C(=O)NCCc3ccc(S(N)(=O)=O)cc3)cc2oc1=O. The average molecular weight is 445 g/mol. The first kappa shape index (κ1) is 22.5. The van der Waals surface area contributed by atoms with Crippen LogP contribution in [0.25, 0.3) is 11.0 Å². The van der Waals surface area contributed by atoms with Gasteiger partial charge in [-0.15, -0.1) is 0 Å². The third-order valence-electron chi connectivity index (χ3n) is 5.08. The topological polar surface area (TPSA) is 129 Å². The minimum atomic E-state index is -3.73. The van der Waals surface area contributed by atoms with Gasteiger partial charge in [0.2, 0.25) is 10.0 Å². The molecule has 0 aliphatic rings. The monoisotopic (exact) mass is 444 g/mol. The third-order valence-corrected chi connectivity index (χ3v) is 6.00. The highest BCUT2D eigenvalue weighted by atomic mass is 32.2. The number of nitrogens with one attached hydrogen (secondary N) is 1. The van der Waals surface area contributed by atoms with Crippen molar-refractivity contribution >= 4 is 26.9 Å². The van der Waals surface area contributed by atoms with Gasteiger partial charge in [0, 0.05) is 23.6 Å². The van der Waals surface area contributed by atoms with Crippen molar-refractivity contribution in [2.75, 3.05) is 6.54 Å². The fourth-order valence-corrected chi connectivity index (χ4v) is 3.59. The predicted molar refractivity (Wildman–Crippen MR) is 117 cm³/mol. The number of ether oxygens (including phenoxy) is 1. The molecule has 0 bridgehead atoms. The number of primary sulfonamides is 1. The molecular weight excluding hydrogens is 420 g/mol. The Morgan fingerprint density at radius 2 is 1.81 bits per heavy atom. The average Bonchev–Trinajstić information content (AvgIpc) is 2.71. The largest absolute Gasteiger partial charge is 0.481 e. The number of sulfonamides is 1. The number of carbonyl (C=O) groups is 1. The molecule has 1 amide bonds. The number of fused-ring (bicyclic) bond motifs is 1. The van der Waals surface area contributed by atoms with Crippen LogP contribution in [0, 0.1) is 13.8 Å². The summed E-state index contributed by atoms with van der Waals surface area (Å²) in [6, 6.07) is 11.3. The van der Waals surface area contributed by atoms with Crippen LogP contribution in [0.2, 0.25) is 0 Å². The maximum absolute atomic E-state index is 12.3. The molecule has 1 heterocycles. The number of hydrogen-bond acceptors (Lipinski definition) is 6. The second kappa shape index (κ2) is 8.91. The van der Waals surface area contributed by atoms with E-state index in [1.54, 1.807) is 44.2 Å². The first-order chi connectivity index (χ1) is 14.6. The Morgan fingerprint density at radius 1 is 1.13 bits per heavy atom. The number of carbonyl (C=O) groups excluding carboxylic acids is 1. The highest BCUT2D eigenvalue weighted by molar-refractivity contribution is 7.89. The maximum atomic E-state index is 12.3. The zero-order valence-corrected chi connectivity index (χ0v) is 18.3. The minimum absolute atomic E-state index is 0.0406. The van der Waals surface area contributed by atoms with Gasteiger partial charge < -0.3 is 14.5 Å². The summed E-state index contributed by atoms with van der Waals surface area (Å²) in [5.41, 5.74) is 2.27. The van der Waals surface area contributed by atoms with Crippen molar-refractivity contribution in [2.24, 2.45) is 5.14 Å². The van der Waals surface area contributed by atoms with E-state index in [9.17, 15) is 18.0 Å². The summed E-state index contributed by atoms with van der Waals surface area (Å²) in [5.74, 6) is 0.114. The molecule has 1 aromatic heterocycles. The van der Waals surface area contributed by atoms with Crippen LogP contribution in [0.15, 0.2) is 56.6 Å². The van der Waals surface area contributed by atoms with Crippen LogP contribution in [-0.4, -0.2) is 27.0 Å². The molecule has 0 saturated heterocycles. The van der Waals surface area contributed by atoms with Crippen LogP contribution < -0.4 is 20.8 Å². The second-order valence-electron chi connectivity index (χ2n) is 7.29. The Balaban J connectivity index is 1.58. The molecule has 0 fully saturated rings. The van der Waals surface area contributed by atoms with Gasteiger partial charge in [0.05, 0.1) is 4.90 Å². The molecule has 2 aromatic carbocycles. The van der Waals surface area contributed by atoms with Crippen LogP contribution in [-0.2, 0) is 21.2 Å². The van der Waals surface area contributed by atoms with E-state index in [2.05, 4.69) is 5.32 Å². The van der Waals surface area contributed by atoms with Gasteiger partial charge in [-0.3, -0.25) is 4.79 Å². The molecule has 164 valence electrons. The van der Waals surface area contributed by atoms with Crippen LogP contribution in [0.3, 0.4) is 0 Å². The van der Waals surface area contributed by atoms with Gasteiger partial charge >= 0.3 is 5.63 Å². The van der Waals surface area contributed by atoms with Gasteiger partial charge in [-0.05, 0) is 62.6 Å². The van der Waals surface area contributed by atoms with Crippen LogP contribution >= 0.6 is 0 Å². The molecule has 0 radical (unpaired) electrons. The van der Waals surface area contributed by atoms with Crippen LogP contribution in [0.4, 0.5) is 0 Å². The highest BCUT2D eigenvalue weighted by Crippen LogP contribution is 2.24. The van der Waals surface area contributed by atoms with Gasteiger partial charge in [-0.1, -0.05) is 12.1 Å². The quantitative estimate of drug-likeness (QED) is 0.538. The molecule has 0 aliphatic heterocycles.